The molecule has 0 saturated carbocycles. The third-order valence-corrected chi connectivity index (χ3v) is 8.12. The first kappa shape index (κ1) is 29.1. The fraction of sp³-hybridized carbons (Fsp3) is 0.286. The fourth-order valence-corrected chi connectivity index (χ4v) is 5.51. The summed E-state index contributed by atoms with van der Waals surface area (Å²) in [6.07, 6.45) is 0.689. The molecule has 0 aliphatic rings. The van der Waals surface area contributed by atoms with E-state index in [0.29, 0.717) is 13.0 Å². The molecule has 1 atom stereocenters. The molecule has 7 nitrogen and oxygen atoms in total. The summed E-state index contributed by atoms with van der Waals surface area (Å²) in [4.78, 5) is 27.8. The Morgan fingerprint density at radius 3 is 2.26 bits per heavy atom. The zero-order valence-electron chi connectivity index (χ0n) is 21.5. The molecule has 0 bridgehead atoms. The van der Waals surface area contributed by atoms with E-state index in [2.05, 4.69) is 5.32 Å². The van der Waals surface area contributed by atoms with Crippen molar-refractivity contribution in [3.8, 4) is 0 Å². The van der Waals surface area contributed by atoms with Crippen molar-refractivity contribution >= 4 is 39.1 Å². The van der Waals surface area contributed by atoms with Gasteiger partial charge >= 0.3 is 0 Å². The first-order valence-electron chi connectivity index (χ1n) is 12.2. The van der Waals surface area contributed by atoms with E-state index < -0.39 is 40.2 Å². The smallest absolute Gasteiger partial charge is 0.264 e. The third kappa shape index (κ3) is 6.90. The Kier molecular flexibility index (Phi) is 9.88. The molecular weight excluding hydrogens is 529 g/mol. The molecule has 38 heavy (non-hydrogen) atoms. The fourth-order valence-electron chi connectivity index (χ4n) is 3.79. The quantitative estimate of drug-likeness (QED) is 0.361. The molecule has 0 aliphatic carbocycles. The van der Waals surface area contributed by atoms with Crippen molar-refractivity contribution in [2.24, 2.45) is 0 Å². The van der Waals surface area contributed by atoms with Gasteiger partial charge in [0.05, 0.1) is 15.6 Å². The van der Waals surface area contributed by atoms with Gasteiger partial charge in [0.15, 0.2) is 0 Å². The molecule has 0 aromatic heterocycles. The lowest BCUT2D eigenvalue weighted by Gasteiger charge is -2.32. The van der Waals surface area contributed by atoms with Gasteiger partial charge in [-0.3, -0.25) is 13.9 Å². The van der Waals surface area contributed by atoms with Crippen molar-refractivity contribution < 1.29 is 22.4 Å². The molecule has 10 heteroatoms. The molecule has 202 valence electrons. The Morgan fingerprint density at radius 1 is 1.00 bits per heavy atom. The van der Waals surface area contributed by atoms with Gasteiger partial charge < -0.3 is 10.2 Å². The molecule has 0 saturated heterocycles. The van der Waals surface area contributed by atoms with E-state index >= 15 is 0 Å². The second-order valence-electron chi connectivity index (χ2n) is 8.86. The van der Waals surface area contributed by atoms with Crippen molar-refractivity contribution in [1.29, 1.82) is 0 Å². The number of carbonyl (C=O) groups is 2. The van der Waals surface area contributed by atoms with Crippen LogP contribution in [0.15, 0.2) is 77.7 Å². The van der Waals surface area contributed by atoms with Gasteiger partial charge in [0.2, 0.25) is 11.8 Å². The van der Waals surface area contributed by atoms with Gasteiger partial charge in [0.25, 0.3) is 10.0 Å². The number of nitrogens with one attached hydrogen (secondary N) is 1. The van der Waals surface area contributed by atoms with Crippen LogP contribution in [0.25, 0.3) is 0 Å². The van der Waals surface area contributed by atoms with Gasteiger partial charge in [-0.1, -0.05) is 66.6 Å². The lowest BCUT2D eigenvalue weighted by atomic mass is 10.1. The van der Waals surface area contributed by atoms with Crippen LogP contribution >= 0.6 is 11.6 Å². The number of rotatable bonds is 11. The maximum Gasteiger partial charge on any atom is 0.264 e. The second kappa shape index (κ2) is 12.9. The highest BCUT2D eigenvalue weighted by Crippen LogP contribution is 2.31. The predicted molar refractivity (Wildman–Crippen MR) is 147 cm³/mol. The number of benzene rings is 3. The standard InChI is InChI=1S/C28H31ClFN3O4S/c1-4-17-31-28(35)21(3)32(18-22-9-5-7-11-25(22)30)27(34)19-33(26-12-8-6-10-24(26)29)38(36,37)23-15-13-20(2)14-16-23/h5-16,21H,4,17-19H2,1-3H3,(H,31,35). The van der Waals surface area contributed by atoms with E-state index in [1.165, 1.54) is 54.3 Å². The number of halogens is 2. The van der Waals surface area contributed by atoms with E-state index in [-0.39, 0.29) is 27.7 Å². The minimum absolute atomic E-state index is 0.0230. The van der Waals surface area contributed by atoms with Gasteiger partial charge in [-0.05, 0) is 50.6 Å². The number of hydrogen-bond donors (Lipinski definition) is 1. The molecule has 1 unspecified atom stereocenters. The minimum atomic E-state index is -4.24. The molecular formula is C28H31ClFN3O4S. The largest absolute Gasteiger partial charge is 0.354 e. The summed E-state index contributed by atoms with van der Waals surface area (Å²) in [5.74, 6) is -1.66. The zero-order valence-corrected chi connectivity index (χ0v) is 23.1. The third-order valence-electron chi connectivity index (χ3n) is 6.02. The highest BCUT2D eigenvalue weighted by atomic mass is 35.5. The molecule has 1 N–H and O–H groups in total. The lowest BCUT2D eigenvalue weighted by molar-refractivity contribution is -0.139. The van der Waals surface area contributed by atoms with Crippen LogP contribution < -0.4 is 9.62 Å². The number of nitrogens with zero attached hydrogens (tertiary/aromatic N) is 2. The monoisotopic (exact) mass is 559 g/mol. The molecule has 0 radical (unpaired) electrons. The molecule has 3 aromatic carbocycles. The minimum Gasteiger partial charge on any atom is -0.354 e. The number of sulfonamides is 1. The number of aryl methyl sites for hydroxylation is 1. The molecule has 0 fully saturated rings. The molecule has 0 heterocycles. The molecule has 2 amide bonds. The Bertz CT molecular complexity index is 1380. The maximum absolute atomic E-state index is 14.5. The van der Waals surface area contributed by atoms with Gasteiger partial charge in [-0.25, -0.2) is 12.8 Å². The van der Waals surface area contributed by atoms with Crippen LogP contribution in [0.3, 0.4) is 0 Å². The summed E-state index contributed by atoms with van der Waals surface area (Å²) >= 11 is 6.38. The number of carbonyl (C=O) groups excluding carboxylic acids is 2. The van der Waals surface area contributed by atoms with Crippen molar-refractivity contribution in [1.82, 2.24) is 10.2 Å². The van der Waals surface area contributed by atoms with E-state index in [4.69, 9.17) is 11.6 Å². The topological polar surface area (TPSA) is 86.8 Å². The Labute approximate surface area is 228 Å². The lowest BCUT2D eigenvalue weighted by Crippen LogP contribution is -2.51. The van der Waals surface area contributed by atoms with E-state index in [1.807, 2.05) is 13.8 Å². The van der Waals surface area contributed by atoms with Gasteiger partial charge in [-0.2, -0.15) is 0 Å². The zero-order chi connectivity index (χ0) is 27.9. The van der Waals surface area contributed by atoms with Crippen LogP contribution in [0.1, 0.15) is 31.4 Å². The van der Waals surface area contributed by atoms with E-state index in [9.17, 15) is 22.4 Å². The SMILES string of the molecule is CCCNC(=O)C(C)N(Cc1ccccc1F)C(=O)CN(c1ccccc1Cl)S(=O)(=O)c1ccc(C)cc1. The van der Waals surface area contributed by atoms with Crippen LogP contribution in [0.4, 0.5) is 10.1 Å². The highest BCUT2D eigenvalue weighted by Gasteiger charge is 2.33. The van der Waals surface area contributed by atoms with Gasteiger partial charge in [0.1, 0.15) is 18.4 Å². The maximum atomic E-state index is 14.5. The Morgan fingerprint density at radius 2 is 1.63 bits per heavy atom. The number of anilines is 1. The average Bonchev–Trinajstić information content (AvgIpc) is 2.90. The summed E-state index contributed by atoms with van der Waals surface area (Å²) in [6, 6.07) is 17.4. The summed E-state index contributed by atoms with van der Waals surface area (Å²) in [7, 11) is -4.24. The predicted octanol–water partition coefficient (Wildman–Crippen LogP) is 4.93. The van der Waals surface area contributed by atoms with Gasteiger partial charge in [0, 0.05) is 18.7 Å². The molecule has 0 spiro atoms. The Balaban J connectivity index is 2.04. The first-order valence-corrected chi connectivity index (χ1v) is 14.0. The van der Waals surface area contributed by atoms with Crippen molar-refractivity contribution in [3.63, 3.8) is 0 Å². The van der Waals surface area contributed by atoms with Crippen LogP contribution in [-0.4, -0.2) is 44.3 Å². The van der Waals surface area contributed by atoms with E-state index in [1.54, 1.807) is 30.3 Å². The number of para-hydroxylation sites is 1. The van der Waals surface area contributed by atoms with Crippen molar-refractivity contribution in [3.05, 3.63) is 94.8 Å². The van der Waals surface area contributed by atoms with Crippen LogP contribution in [0.2, 0.25) is 5.02 Å². The summed E-state index contributed by atoms with van der Waals surface area (Å²) < 4.78 is 43.0. The molecule has 3 aromatic rings. The summed E-state index contributed by atoms with van der Waals surface area (Å²) in [6.45, 7) is 4.77. The highest BCUT2D eigenvalue weighted by molar-refractivity contribution is 7.92. The molecule has 0 aliphatic heterocycles. The molecule has 3 rings (SSSR count). The first-order chi connectivity index (χ1) is 18.1. The van der Waals surface area contributed by atoms with Crippen LogP contribution in [0.5, 0.6) is 0 Å². The summed E-state index contributed by atoms with van der Waals surface area (Å²) in [5.41, 5.74) is 1.17. The van der Waals surface area contributed by atoms with Crippen LogP contribution in [0, 0.1) is 12.7 Å². The number of hydrogen-bond acceptors (Lipinski definition) is 4. The van der Waals surface area contributed by atoms with Crippen LogP contribution in [-0.2, 0) is 26.2 Å². The van der Waals surface area contributed by atoms with Crippen molar-refractivity contribution in [2.75, 3.05) is 17.4 Å². The number of amides is 2. The normalized spacial score (nSPS) is 12.0. The Hall–Kier alpha value is -3.43. The summed E-state index contributed by atoms with van der Waals surface area (Å²) in [5, 5.41) is 2.87. The average molecular weight is 560 g/mol. The van der Waals surface area contributed by atoms with Crippen molar-refractivity contribution in [2.45, 2.75) is 44.7 Å². The van der Waals surface area contributed by atoms with Gasteiger partial charge in [-0.15, -0.1) is 0 Å². The second-order valence-corrected chi connectivity index (χ2v) is 11.1. The van der Waals surface area contributed by atoms with E-state index in [0.717, 1.165) is 9.87 Å².